The summed E-state index contributed by atoms with van der Waals surface area (Å²) in [7, 11) is 1.55. The molecule has 1 atom stereocenters. The predicted octanol–water partition coefficient (Wildman–Crippen LogP) is 1.13. The van der Waals surface area contributed by atoms with E-state index in [2.05, 4.69) is 14.9 Å². The topological polar surface area (TPSA) is 81.8 Å². The number of ether oxygens (including phenoxy) is 1. The molecule has 0 radical (unpaired) electrons. The average Bonchev–Trinajstić information content (AvgIpc) is 3.24. The van der Waals surface area contributed by atoms with Gasteiger partial charge in [-0.3, -0.25) is 14.5 Å². The van der Waals surface area contributed by atoms with Crippen LogP contribution < -0.4 is 0 Å². The minimum absolute atomic E-state index is 0.00242. The van der Waals surface area contributed by atoms with E-state index in [1.54, 1.807) is 13.4 Å². The molecule has 8 nitrogen and oxygen atoms in total. The van der Waals surface area contributed by atoms with Crippen LogP contribution in [-0.2, 0) is 26.3 Å². The van der Waals surface area contributed by atoms with Gasteiger partial charge >= 0.3 is 0 Å². The summed E-state index contributed by atoms with van der Waals surface area (Å²) in [6, 6.07) is -0.0668. The fraction of sp³-hybridized carbons (Fsp3) is 0.762. The van der Waals surface area contributed by atoms with E-state index < -0.39 is 5.54 Å². The quantitative estimate of drug-likeness (QED) is 0.815. The number of carbonyl (C=O) groups is 2. The molecule has 0 saturated carbocycles. The second kappa shape index (κ2) is 8.44. The van der Waals surface area contributed by atoms with E-state index in [0.29, 0.717) is 19.6 Å². The molecule has 4 rings (SSSR count). The van der Waals surface area contributed by atoms with Crippen molar-refractivity contribution in [3.05, 3.63) is 17.7 Å². The Balaban J connectivity index is 1.49. The molecule has 29 heavy (non-hydrogen) atoms. The average molecular weight is 404 g/mol. The molecule has 0 aliphatic carbocycles. The van der Waals surface area contributed by atoms with Crippen LogP contribution in [0, 0.1) is 0 Å². The molecule has 0 aromatic carbocycles. The molecule has 160 valence electrons. The Bertz CT molecular complexity index is 734. The molecule has 1 unspecified atom stereocenters. The molecule has 1 spiro atoms. The molecular formula is C21H33N5O3. The van der Waals surface area contributed by atoms with E-state index in [1.165, 1.54) is 19.3 Å². The highest BCUT2D eigenvalue weighted by Crippen LogP contribution is 2.42. The number of nitrogens with one attached hydrogen (secondary N) is 1. The van der Waals surface area contributed by atoms with Crippen LogP contribution in [0.2, 0.25) is 0 Å². The molecule has 2 saturated heterocycles. The van der Waals surface area contributed by atoms with Gasteiger partial charge in [-0.25, -0.2) is 4.98 Å². The van der Waals surface area contributed by atoms with Gasteiger partial charge in [0, 0.05) is 38.9 Å². The number of hydrogen-bond donors (Lipinski definition) is 1. The van der Waals surface area contributed by atoms with E-state index in [0.717, 1.165) is 43.7 Å². The van der Waals surface area contributed by atoms with Gasteiger partial charge in [-0.2, -0.15) is 0 Å². The number of amides is 2. The second-order valence-corrected chi connectivity index (χ2v) is 8.59. The molecule has 1 N–H and O–H groups in total. The second-order valence-electron chi connectivity index (χ2n) is 8.59. The van der Waals surface area contributed by atoms with Crippen LogP contribution >= 0.6 is 0 Å². The monoisotopic (exact) mass is 403 g/mol. The van der Waals surface area contributed by atoms with Gasteiger partial charge in [0.1, 0.15) is 6.61 Å². The third kappa shape index (κ3) is 3.68. The van der Waals surface area contributed by atoms with Crippen LogP contribution in [0.25, 0.3) is 0 Å². The van der Waals surface area contributed by atoms with Crippen LogP contribution in [0.1, 0.15) is 50.4 Å². The number of piperidine rings is 2. The number of methoxy groups -OCH3 is 1. The molecular weight excluding hydrogens is 370 g/mol. The van der Waals surface area contributed by atoms with Crippen molar-refractivity contribution in [3.63, 3.8) is 0 Å². The highest BCUT2D eigenvalue weighted by Gasteiger charge is 2.49. The summed E-state index contributed by atoms with van der Waals surface area (Å²) in [6.45, 7) is 6.12. The number of aromatic nitrogens is 2. The lowest BCUT2D eigenvalue weighted by atomic mass is 9.78. The first kappa shape index (κ1) is 20.3. The molecule has 2 fully saturated rings. The van der Waals surface area contributed by atoms with Crippen molar-refractivity contribution in [3.8, 4) is 0 Å². The maximum Gasteiger partial charge on any atom is 0.249 e. The zero-order valence-corrected chi connectivity index (χ0v) is 17.7. The van der Waals surface area contributed by atoms with E-state index in [9.17, 15) is 9.59 Å². The zero-order valence-electron chi connectivity index (χ0n) is 17.7. The van der Waals surface area contributed by atoms with Gasteiger partial charge in [-0.15, -0.1) is 0 Å². The summed E-state index contributed by atoms with van der Waals surface area (Å²) < 4.78 is 5.13. The van der Waals surface area contributed by atoms with Crippen molar-refractivity contribution in [1.29, 1.82) is 0 Å². The van der Waals surface area contributed by atoms with Crippen LogP contribution in [-0.4, -0.2) is 89.0 Å². The van der Waals surface area contributed by atoms with Gasteiger partial charge < -0.3 is 19.5 Å². The Morgan fingerprint density at radius 1 is 1.17 bits per heavy atom. The lowest BCUT2D eigenvalue weighted by molar-refractivity contribution is -0.149. The third-order valence-corrected chi connectivity index (χ3v) is 7.03. The Hall–Kier alpha value is -1.93. The smallest absolute Gasteiger partial charge is 0.249 e. The SMILES string of the molecule is COCC(=O)N1CCc2[nH]cnc2C12CCN(C(=O)C(C)N1CCCCC1)CC2. The first-order valence-corrected chi connectivity index (χ1v) is 10.9. The first-order valence-electron chi connectivity index (χ1n) is 10.9. The Morgan fingerprint density at radius 3 is 2.59 bits per heavy atom. The van der Waals surface area contributed by atoms with Gasteiger partial charge in [-0.05, 0) is 45.7 Å². The van der Waals surface area contributed by atoms with E-state index in [4.69, 9.17) is 4.74 Å². The van der Waals surface area contributed by atoms with Gasteiger partial charge in [0.2, 0.25) is 11.8 Å². The van der Waals surface area contributed by atoms with E-state index in [-0.39, 0.29) is 24.5 Å². The number of aromatic amines is 1. The first-order chi connectivity index (χ1) is 14.1. The van der Waals surface area contributed by atoms with Gasteiger partial charge in [-0.1, -0.05) is 6.42 Å². The number of H-pyrrole nitrogens is 1. The van der Waals surface area contributed by atoms with Crippen molar-refractivity contribution in [2.75, 3.05) is 46.4 Å². The molecule has 8 heteroatoms. The largest absolute Gasteiger partial charge is 0.375 e. The zero-order chi connectivity index (χ0) is 20.4. The van der Waals surface area contributed by atoms with Gasteiger partial charge in [0.15, 0.2) is 0 Å². The maximum absolute atomic E-state index is 13.1. The Kier molecular flexibility index (Phi) is 5.92. The van der Waals surface area contributed by atoms with Gasteiger partial charge in [0.05, 0.1) is 23.6 Å². The third-order valence-electron chi connectivity index (χ3n) is 7.03. The van der Waals surface area contributed by atoms with Crippen LogP contribution in [0.4, 0.5) is 0 Å². The maximum atomic E-state index is 13.1. The number of carbonyl (C=O) groups excluding carboxylic acids is 2. The van der Waals surface area contributed by atoms with Crippen molar-refractivity contribution in [2.24, 2.45) is 0 Å². The lowest BCUT2D eigenvalue weighted by Gasteiger charge is -2.51. The van der Waals surface area contributed by atoms with E-state index >= 15 is 0 Å². The van der Waals surface area contributed by atoms with Crippen molar-refractivity contribution < 1.29 is 14.3 Å². The lowest BCUT2D eigenvalue weighted by Crippen LogP contribution is -2.60. The predicted molar refractivity (Wildman–Crippen MR) is 108 cm³/mol. The van der Waals surface area contributed by atoms with Crippen molar-refractivity contribution in [2.45, 2.75) is 57.0 Å². The van der Waals surface area contributed by atoms with Crippen molar-refractivity contribution in [1.82, 2.24) is 24.7 Å². The summed E-state index contributed by atoms with van der Waals surface area (Å²) in [5.74, 6) is 0.220. The summed E-state index contributed by atoms with van der Waals surface area (Å²) in [5, 5.41) is 0. The number of imidazole rings is 1. The number of likely N-dealkylation sites (tertiary alicyclic amines) is 2. The minimum Gasteiger partial charge on any atom is -0.375 e. The summed E-state index contributed by atoms with van der Waals surface area (Å²) in [5.41, 5.74) is 1.66. The van der Waals surface area contributed by atoms with Crippen LogP contribution in [0.5, 0.6) is 0 Å². The molecule has 4 heterocycles. The molecule has 2 amide bonds. The summed E-state index contributed by atoms with van der Waals surface area (Å²) in [4.78, 5) is 40.1. The van der Waals surface area contributed by atoms with Crippen LogP contribution in [0.3, 0.4) is 0 Å². The molecule has 0 bridgehead atoms. The fourth-order valence-corrected chi connectivity index (χ4v) is 5.37. The highest BCUT2D eigenvalue weighted by atomic mass is 16.5. The highest BCUT2D eigenvalue weighted by molar-refractivity contribution is 5.82. The molecule has 1 aromatic rings. The van der Waals surface area contributed by atoms with Crippen LogP contribution in [0.15, 0.2) is 6.33 Å². The van der Waals surface area contributed by atoms with E-state index in [1.807, 2.05) is 16.7 Å². The number of hydrogen-bond acceptors (Lipinski definition) is 5. The minimum atomic E-state index is -0.436. The summed E-state index contributed by atoms with van der Waals surface area (Å²) in [6.07, 6.45) is 7.57. The molecule has 3 aliphatic heterocycles. The van der Waals surface area contributed by atoms with Gasteiger partial charge in [0.25, 0.3) is 0 Å². The number of rotatable bonds is 4. The fourth-order valence-electron chi connectivity index (χ4n) is 5.37. The molecule has 1 aromatic heterocycles. The van der Waals surface area contributed by atoms with Crippen molar-refractivity contribution >= 4 is 11.8 Å². The summed E-state index contributed by atoms with van der Waals surface area (Å²) >= 11 is 0. The number of nitrogens with zero attached hydrogens (tertiary/aromatic N) is 4. The number of fused-ring (bicyclic) bond motifs is 2. The standard InChI is InChI=1S/C21H33N5O3/c1-16(24-9-4-3-5-10-24)20(28)25-12-7-21(8-13-25)19-17(22-15-23-19)6-11-26(21)18(27)14-29-2/h15-16H,3-14H2,1-2H3,(H,22,23). The molecule has 3 aliphatic rings. The Morgan fingerprint density at radius 2 is 1.90 bits per heavy atom. The Labute approximate surface area is 172 Å². The normalized spacial score (nSPS) is 23.1.